The summed E-state index contributed by atoms with van der Waals surface area (Å²) in [6, 6.07) is 11.8. The van der Waals surface area contributed by atoms with Crippen LogP contribution >= 0.6 is 23.4 Å². The molecular weight excluding hydrogens is 392 g/mol. The second kappa shape index (κ2) is 8.79. The van der Waals surface area contributed by atoms with Crippen LogP contribution in [0.3, 0.4) is 0 Å². The molecule has 0 bridgehead atoms. The predicted molar refractivity (Wildman–Crippen MR) is 101 cm³/mol. The van der Waals surface area contributed by atoms with E-state index in [9.17, 15) is 4.79 Å². The van der Waals surface area contributed by atoms with E-state index in [1.165, 1.54) is 0 Å². The highest BCUT2D eigenvalue weighted by molar-refractivity contribution is 7.99. The van der Waals surface area contributed by atoms with Crippen LogP contribution in [-0.2, 0) is 4.79 Å². The van der Waals surface area contributed by atoms with Crippen LogP contribution in [0.5, 0.6) is 17.2 Å². The van der Waals surface area contributed by atoms with E-state index >= 15 is 0 Å². The van der Waals surface area contributed by atoms with E-state index in [-0.39, 0.29) is 11.0 Å². The first kappa shape index (κ1) is 19.1. The zero-order valence-electron chi connectivity index (χ0n) is 14.5. The van der Waals surface area contributed by atoms with Crippen molar-refractivity contribution in [3.8, 4) is 28.7 Å². The molecule has 0 aliphatic carbocycles. The monoisotopic (exact) mass is 406 g/mol. The summed E-state index contributed by atoms with van der Waals surface area (Å²) in [7, 11) is 3.10. The summed E-state index contributed by atoms with van der Waals surface area (Å²) in [6.07, 6.45) is 0. The van der Waals surface area contributed by atoms with Gasteiger partial charge in [-0.25, -0.2) is 0 Å². The zero-order valence-corrected chi connectivity index (χ0v) is 16.0. The van der Waals surface area contributed by atoms with Crippen LogP contribution in [0.2, 0.25) is 5.02 Å². The van der Waals surface area contributed by atoms with E-state index < -0.39 is 5.97 Å². The summed E-state index contributed by atoms with van der Waals surface area (Å²) in [6.45, 7) is 0. The first-order chi connectivity index (χ1) is 13.1. The van der Waals surface area contributed by atoms with Gasteiger partial charge in [0, 0.05) is 10.6 Å². The van der Waals surface area contributed by atoms with Crippen molar-refractivity contribution in [2.45, 2.75) is 5.22 Å². The lowest BCUT2D eigenvalue weighted by Gasteiger charge is -2.07. The van der Waals surface area contributed by atoms with E-state index in [2.05, 4.69) is 10.2 Å². The quantitative estimate of drug-likeness (QED) is 0.329. The Labute approximate surface area is 164 Å². The number of nitrogens with zero attached hydrogens (tertiary/aromatic N) is 2. The van der Waals surface area contributed by atoms with Gasteiger partial charge in [-0.05, 0) is 42.5 Å². The Morgan fingerprint density at radius 3 is 2.52 bits per heavy atom. The van der Waals surface area contributed by atoms with Crippen LogP contribution in [-0.4, -0.2) is 36.1 Å². The molecule has 0 N–H and O–H groups in total. The van der Waals surface area contributed by atoms with E-state index in [1.54, 1.807) is 56.7 Å². The molecule has 3 aromatic rings. The molecule has 140 valence electrons. The molecule has 0 saturated carbocycles. The van der Waals surface area contributed by atoms with E-state index in [0.717, 1.165) is 11.8 Å². The van der Waals surface area contributed by atoms with Gasteiger partial charge in [0.1, 0.15) is 11.5 Å². The molecular formula is C18H15ClN2O5S. The van der Waals surface area contributed by atoms with E-state index in [0.29, 0.717) is 33.7 Å². The van der Waals surface area contributed by atoms with Gasteiger partial charge in [-0.3, -0.25) is 4.79 Å². The van der Waals surface area contributed by atoms with Crippen LogP contribution in [0.4, 0.5) is 0 Å². The van der Waals surface area contributed by atoms with Gasteiger partial charge in [0.2, 0.25) is 5.89 Å². The van der Waals surface area contributed by atoms with Gasteiger partial charge < -0.3 is 18.6 Å². The molecule has 0 atom stereocenters. The molecule has 0 saturated heterocycles. The summed E-state index contributed by atoms with van der Waals surface area (Å²) in [5, 5.41) is 8.74. The minimum Gasteiger partial charge on any atom is -0.493 e. The van der Waals surface area contributed by atoms with Gasteiger partial charge in [0.15, 0.2) is 11.5 Å². The molecule has 1 aromatic heterocycles. The fourth-order valence-electron chi connectivity index (χ4n) is 2.14. The fraction of sp³-hybridized carbons (Fsp3) is 0.167. The molecule has 3 rings (SSSR count). The molecule has 0 aliphatic heterocycles. The van der Waals surface area contributed by atoms with Crippen molar-refractivity contribution >= 4 is 29.3 Å². The summed E-state index contributed by atoms with van der Waals surface area (Å²) in [5.74, 6) is 1.46. The fourth-order valence-corrected chi connectivity index (χ4v) is 2.80. The van der Waals surface area contributed by atoms with Crippen molar-refractivity contribution < 1.29 is 23.4 Å². The topological polar surface area (TPSA) is 83.7 Å². The number of carbonyl (C=O) groups excluding carboxylic acids is 1. The first-order valence-corrected chi connectivity index (χ1v) is 9.10. The van der Waals surface area contributed by atoms with Crippen molar-refractivity contribution in [1.29, 1.82) is 0 Å². The number of rotatable bonds is 7. The summed E-state index contributed by atoms with van der Waals surface area (Å²) in [5.41, 5.74) is 0.677. The van der Waals surface area contributed by atoms with Crippen LogP contribution in [0.15, 0.2) is 52.1 Å². The Morgan fingerprint density at radius 1 is 1.07 bits per heavy atom. The Hall–Kier alpha value is -2.71. The number of benzene rings is 2. The molecule has 27 heavy (non-hydrogen) atoms. The number of halogens is 1. The van der Waals surface area contributed by atoms with Crippen LogP contribution < -0.4 is 14.2 Å². The summed E-state index contributed by atoms with van der Waals surface area (Å²) < 4.78 is 21.2. The maximum atomic E-state index is 11.9. The molecule has 0 aliphatic rings. The highest BCUT2D eigenvalue weighted by Gasteiger charge is 2.14. The highest BCUT2D eigenvalue weighted by Crippen LogP contribution is 2.32. The van der Waals surface area contributed by atoms with Gasteiger partial charge in [0.05, 0.1) is 14.2 Å². The van der Waals surface area contributed by atoms with Gasteiger partial charge >= 0.3 is 5.97 Å². The summed E-state index contributed by atoms with van der Waals surface area (Å²) >= 11 is 6.88. The molecule has 2 aromatic carbocycles. The Kier molecular flexibility index (Phi) is 6.20. The number of thioether (sulfide) groups is 1. The maximum absolute atomic E-state index is 11.9. The Morgan fingerprint density at radius 2 is 1.81 bits per heavy atom. The van der Waals surface area contributed by atoms with Gasteiger partial charge in [-0.2, -0.15) is 0 Å². The van der Waals surface area contributed by atoms with Gasteiger partial charge in [-0.15, -0.1) is 10.2 Å². The van der Waals surface area contributed by atoms with Crippen molar-refractivity contribution in [3.05, 3.63) is 47.5 Å². The molecule has 0 fully saturated rings. The number of aromatic nitrogens is 2. The van der Waals surface area contributed by atoms with Gasteiger partial charge in [0.25, 0.3) is 5.22 Å². The summed E-state index contributed by atoms with van der Waals surface area (Å²) in [4.78, 5) is 11.9. The predicted octanol–water partition coefficient (Wildman–Crippen LogP) is 4.10. The number of hydrogen-bond acceptors (Lipinski definition) is 8. The molecule has 0 unspecified atom stereocenters. The zero-order chi connectivity index (χ0) is 19.2. The molecule has 0 spiro atoms. The highest BCUT2D eigenvalue weighted by atomic mass is 35.5. The second-order valence-corrected chi connectivity index (χ2v) is 6.52. The molecule has 1 heterocycles. The largest absolute Gasteiger partial charge is 0.493 e. The van der Waals surface area contributed by atoms with Crippen molar-refractivity contribution in [1.82, 2.24) is 10.2 Å². The molecule has 7 nitrogen and oxygen atoms in total. The number of ether oxygens (including phenoxy) is 3. The van der Waals surface area contributed by atoms with Crippen molar-refractivity contribution in [3.63, 3.8) is 0 Å². The lowest BCUT2D eigenvalue weighted by molar-refractivity contribution is -0.131. The Balaban J connectivity index is 1.61. The normalized spacial score (nSPS) is 10.5. The minimum atomic E-state index is -0.437. The van der Waals surface area contributed by atoms with E-state index in [4.69, 9.17) is 30.2 Å². The van der Waals surface area contributed by atoms with Crippen LogP contribution in [0.1, 0.15) is 0 Å². The third-order valence-electron chi connectivity index (χ3n) is 3.40. The average molecular weight is 407 g/mol. The molecule has 0 amide bonds. The van der Waals surface area contributed by atoms with Crippen LogP contribution in [0, 0.1) is 0 Å². The van der Waals surface area contributed by atoms with Crippen molar-refractivity contribution in [2.24, 2.45) is 0 Å². The molecule has 9 heteroatoms. The third kappa shape index (κ3) is 4.93. The molecule has 0 radical (unpaired) electrons. The average Bonchev–Trinajstić information content (AvgIpc) is 3.16. The number of carbonyl (C=O) groups is 1. The minimum absolute atomic E-state index is 0.0240. The van der Waals surface area contributed by atoms with Gasteiger partial charge in [-0.1, -0.05) is 23.4 Å². The number of hydrogen-bond donors (Lipinski definition) is 0. The first-order valence-electron chi connectivity index (χ1n) is 7.74. The lowest BCUT2D eigenvalue weighted by atomic mass is 10.2. The maximum Gasteiger partial charge on any atom is 0.321 e. The second-order valence-electron chi connectivity index (χ2n) is 5.16. The smallest absolute Gasteiger partial charge is 0.321 e. The SMILES string of the molecule is COc1ccc(-c2nnc(SCC(=O)Oc3ccc(Cl)cc3)o2)cc1OC. The third-order valence-corrected chi connectivity index (χ3v) is 4.44. The lowest BCUT2D eigenvalue weighted by Crippen LogP contribution is -2.10. The Bertz CT molecular complexity index is 930. The van der Waals surface area contributed by atoms with Crippen molar-refractivity contribution in [2.75, 3.05) is 20.0 Å². The standard InChI is InChI=1S/C18H15ClN2O5S/c1-23-14-8-3-11(9-15(14)24-2)17-20-21-18(26-17)27-10-16(22)25-13-6-4-12(19)5-7-13/h3-9H,10H2,1-2H3. The van der Waals surface area contributed by atoms with E-state index in [1.807, 2.05) is 0 Å². The number of esters is 1. The number of methoxy groups -OCH3 is 2. The van der Waals surface area contributed by atoms with Crippen LogP contribution in [0.25, 0.3) is 11.5 Å².